The second kappa shape index (κ2) is 9.86. The van der Waals surface area contributed by atoms with Crippen molar-refractivity contribution in [2.75, 3.05) is 18.4 Å². The highest BCUT2D eigenvalue weighted by Gasteiger charge is 2.25. The lowest BCUT2D eigenvalue weighted by Gasteiger charge is -2.17. The third-order valence-corrected chi connectivity index (χ3v) is 6.96. The molecule has 170 valence electrons. The first-order chi connectivity index (χ1) is 16.5. The Morgan fingerprint density at radius 3 is 2.41 bits per heavy atom. The van der Waals surface area contributed by atoms with Gasteiger partial charge in [0, 0.05) is 24.0 Å². The molecule has 7 heteroatoms. The molecule has 0 unspecified atom stereocenters. The topological polar surface area (TPSA) is 86.1 Å². The van der Waals surface area contributed by atoms with Gasteiger partial charge in [-0.1, -0.05) is 48.5 Å². The highest BCUT2D eigenvalue weighted by Crippen LogP contribution is 2.34. The van der Waals surface area contributed by atoms with Gasteiger partial charge in [-0.15, -0.1) is 11.3 Å². The smallest absolute Gasteiger partial charge is 0.264 e. The third kappa shape index (κ3) is 4.28. The van der Waals surface area contributed by atoms with Gasteiger partial charge in [-0.25, -0.2) is 4.98 Å². The predicted molar refractivity (Wildman–Crippen MR) is 136 cm³/mol. The monoisotopic (exact) mass is 468 g/mol. The van der Waals surface area contributed by atoms with Gasteiger partial charge in [-0.2, -0.15) is 5.26 Å². The molecule has 0 aliphatic carbocycles. The Kier molecular flexibility index (Phi) is 6.71. The summed E-state index contributed by atoms with van der Waals surface area (Å²) in [6, 6.07) is 21.1. The molecule has 0 spiro atoms. The molecule has 2 heterocycles. The van der Waals surface area contributed by atoms with E-state index in [2.05, 4.69) is 11.4 Å². The summed E-state index contributed by atoms with van der Waals surface area (Å²) in [6.45, 7) is 6.72. The molecule has 0 aliphatic rings. The van der Waals surface area contributed by atoms with E-state index in [0.29, 0.717) is 56.3 Å². The number of hydrogen-bond donors (Lipinski definition) is 1. The van der Waals surface area contributed by atoms with Crippen LogP contribution in [0.25, 0.3) is 22.2 Å². The molecule has 0 saturated heterocycles. The van der Waals surface area contributed by atoms with Gasteiger partial charge in [-0.05, 0) is 38.5 Å². The average Bonchev–Trinajstić information content (AvgIpc) is 3.18. The molecule has 0 fully saturated rings. The first kappa shape index (κ1) is 23.1. The van der Waals surface area contributed by atoms with Gasteiger partial charge in [0.1, 0.15) is 11.1 Å². The van der Waals surface area contributed by atoms with Gasteiger partial charge in [0.05, 0.1) is 27.2 Å². The summed E-state index contributed by atoms with van der Waals surface area (Å²) in [5.41, 5.74) is 3.65. The highest BCUT2D eigenvalue weighted by molar-refractivity contribution is 7.18. The number of aromatic nitrogens is 1. The lowest BCUT2D eigenvalue weighted by molar-refractivity contribution is 0.0777. The Morgan fingerprint density at radius 2 is 1.74 bits per heavy atom. The van der Waals surface area contributed by atoms with Gasteiger partial charge in [0.2, 0.25) is 0 Å². The number of nitrogens with one attached hydrogen (secondary N) is 1. The van der Waals surface area contributed by atoms with Gasteiger partial charge >= 0.3 is 0 Å². The molecule has 0 aliphatic heterocycles. The summed E-state index contributed by atoms with van der Waals surface area (Å²) < 4.78 is 0. The van der Waals surface area contributed by atoms with E-state index in [1.165, 1.54) is 0 Å². The zero-order valence-corrected chi connectivity index (χ0v) is 20.1. The van der Waals surface area contributed by atoms with E-state index in [9.17, 15) is 14.9 Å². The number of nitrogens with zero attached hydrogens (tertiary/aromatic N) is 3. The molecule has 2 amide bonds. The normalized spacial score (nSPS) is 10.6. The number of carbonyl (C=O) groups excluding carboxylic acids is 2. The molecule has 4 aromatic rings. The van der Waals surface area contributed by atoms with Crippen LogP contribution in [0.3, 0.4) is 0 Å². The van der Waals surface area contributed by atoms with Crippen LogP contribution in [0.15, 0.2) is 60.7 Å². The number of hydrogen-bond acceptors (Lipinski definition) is 5. The second-order valence-electron chi connectivity index (χ2n) is 7.74. The standard InChI is InChI=1S/C27H24N4O2S/c1-4-31(5-2)27(33)24-17(3)21(16-28)26(34-24)30-25(32)20-15-23(18-11-7-6-8-12-18)29-22-14-10-9-13-19(20)22/h6-15H,4-5H2,1-3H3,(H,30,32). The minimum Gasteiger partial charge on any atom is -0.338 e. The van der Waals surface area contributed by atoms with Crippen molar-refractivity contribution in [2.45, 2.75) is 20.8 Å². The lowest BCUT2D eigenvalue weighted by atomic mass is 10.0. The number of benzene rings is 2. The SMILES string of the molecule is CCN(CC)C(=O)c1sc(NC(=O)c2cc(-c3ccccc3)nc3ccccc23)c(C#N)c1C. The Balaban J connectivity index is 1.76. The summed E-state index contributed by atoms with van der Waals surface area (Å²) in [4.78, 5) is 33.3. The van der Waals surface area contributed by atoms with E-state index in [-0.39, 0.29) is 11.8 Å². The van der Waals surface area contributed by atoms with Gasteiger partial charge in [-0.3, -0.25) is 9.59 Å². The molecular weight excluding hydrogens is 444 g/mol. The highest BCUT2D eigenvalue weighted by atomic mass is 32.1. The summed E-state index contributed by atoms with van der Waals surface area (Å²) in [7, 11) is 0. The van der Waals surface area contributed by atoms with Gasteiger partial charge < -0.3 is 10.2 Å². The van der Waals surface area contributed by atoms with Crippen molar-refractivity contribution >= 4 is 39.1 Å². The number of nitriles is 1. The van der Waals surface area contributed by atoms with E-state index in [1.807, 2.05) is 68.4 Å². The molecule has 6 nitrogen and oxygen atoms in total. The maximum absolute atomic E-state index is 13.5. The molecule has 34 heavy (non-hydrogen) atoms. The fraction of sp³-hybridized carbons (Fsp3) is 0.185. The zero-order valence-electron chi connectivity index (χ0n) is 19.3. The molecule has 0 atom stereocenters. The maximum atomic E-state index is 13.5. The summed E-state index contributed by atoms with van der Waals surface area (Å²) in [5, 5.41) is 13.8. The Morgan fingerprint density at radius 1 is 1.06 bits per heavy atom. The fourth-order valence-corrected chi connectivity index (χ4v) is 5.01. The quantitative estimate of drug-likeness (QED) is 0.383. The second-order valence-corrected chi connectivity index (χ2v) is 8.76. The summed E-state index contributed by atoms with van der Waals surface area (Å²) >= 11 is 1.15. The molecule has 0 radical (unpaired) electrons. The number of para-hydroxylation sites is 1. The van der Waals surface area contributed by atoms with Crippen molar-refractivity contribution in [1.82, 2.24) is 9.88 Å². The van der Waals surface area contributed by atoms with Crippen LogP contribution in [0.1, 0.15) is 45.0 Å². The van der Waals surface area contributed by atoms with Crippen LogP contribution in [0, 0.1) is 18.3 Å². The van der Waals surface area contributed by atoms with Crippen LogP contribution >= 0.6 is 11.3 Å². The van der Waals surface area contributed by atoms with Crippen molar-refractivity contribution in [3.05, 3.63) is 82.2 Å². The van der Waals surface area contributed by atoms with Crippen LogP contribution in [-0.4, -0.2) is 34.8 Å². The fourth-order valence-electron chi connectivity index (χ4n) is 3.89. The van der Waals surface area contributed by atoms with Crippen molar-refractivity contribution in [2.24, 2.45) is 0 Å². The van der Waals surface area contributed by atoms with Crippen LogP contribution in [0.4, 0.5) is 5.00 Å². The van der Waals surface area contributed by atoms with E-state index >= 15 is 0 Å². The molecule has 4 rings (SSSR count). The van der Waals surface area contributed by atoms with E-state index in [4.69, 9.17) is 4.98 Å². The van der Waals surface area contributed by atoms with Crippen molar-refractivity contribution in [3.8, 4) is 17.3 Å². The first-order valence-corrected chi connectivity index (χ1v) is 11.9. The molecule has 0 saturated carbocycles. The predicted octanol–water partition coefficient (Wildman–Crippen LogP) is 5.88. The molecule has 1 N–H and O–H groups in total. The number of thiophene rings is 1. The Hall–Kier alpha value is -4.02. The largest absolute Gasteiger partial charge is 0.338 e. The number of anilines is 1. The number of carbonyl (C=O) groups is 2. The molecule has 0 bridgehead atoms. The van der Waals surface area contributed by atoms with Crippen LogP contribution < -0.4 is 5.32 Å². The minimum atomic E-state index is -0.352. The van der Waals surface area contributed by atoms with Crippen LogP contribution in [0.2, 0.25) is 0 Å². The Labute approximate surface area is 202 Å². The molecular formula is C27H24N4O2S. The third-order valence-electron chi connectivity index (χ3n) is 5.76. The van der Waals surface area contributed by atoms with Crippen molar-refractivity contribution in [1.29, 1.82) is 5.26 Å². The maximum Gasteiger partial charge on any atom is 0.264 e. The van der Waals surface area contributed by atoms with Crippen molar-refractivity contribution < 1.29 is 9.59 Å². The van der Waals surface area contributed by atoms with Gasteiger partial charge in [0.25, 0.3) is 11.8 Å². The lowest BCUT2D eigenvalue weighted by Crippen LogP contribution is -2.30. The summed E-state index contributed by atoms with van der Waals surface area (Å²) in [5.74, 6) is -0.486. The number of amides is 2. The molecule has 2 aromatic carbocycles. The zero-order chi connectivity index (χ0) is 24.2. The summed E-state index contributed by atoms with van der Waals surface area (Å²) in [6.07, 6.45) is 0. The molecule has 2 aromatic heterocycles. The van der Waals surface area contributed by atoms with E-state index in [0.717, 1.165) is 16.9 Å². The van der Waals surface area contributed by atoms with E-state index < -0.39 is 0 Å². The number of fused-ring (bicyclic) bond motifs is 1. The first-order valence-electron chi connectivity index (χ1n) is 11.1. The van der Waals surface area contributed by atoms with E-state index in [1.54, 1.807) is 17.9 Å². The van der Waals surface area contributed by atoms with Crippen LogP contribution in [-0.2, 0) is 0 Å². The van der Waals surface area contributed by atoms with Gasteiger partial charge in [0.15, 0.2) is 0 Å². The Bertz CT molecular complexity index is 1420. The van der Waals surface area contributed by atoms with Crippen molar-refractivity contribution in [3.63, 3.8) is 0 Å². The number of pyridine rings is 1. The average molecular weight is 469 g/mol. The minimum absolute atomic E-state index is 0.134. The van der Waals surface area contributed by atoms with Crippen LogP contribution in [0.5, 0.6) is 0 Å². The number of rotatable bonds is 6.